The van der Waals surface area contributed by atoms with E-state index >= 15 is 0 Å². The molecule has 0 unspecified atom stereocenters. The molecule has 0 radical (unpaired) electrons. The fraction of sp³-hybridized carbons (Fsp3) is 0.727. The zero-order chi connectivity index (χ0) is 17.7. The smallest absolute Gasteiger partial charge is 0.119 e. The Morgan fingerprint density at radius 2 is 1.35 bits per heavy atom. The predicted molar refractivity (Wildman–Crippen MR) is 103 cm³/mol. The summed E-state index contributed by atoms with van der Waals surface area (Å²) in [5, 5.41) is 10.6. The topological polar surface area (TPSA) is 20.2 Å². The molecule has 1 N–H and O–H groups in total. The van der Waals surface area contributed by atoms with Crippen molar-refractivity contribution in [2.75, 3.05) is 0 Å². The van der Waals surface area contributed by atoms with Gasteiger partial charge in [-0.05, 0) is 40.9 Å². The molecule has 132 valence electrons. The molecule has 0 spiro atoms. The van der Waals surface area contributed by atoms with E-state index in [1.165, 1.54) is 49.7 Å². The number of benzene rings is 1. The summed E-state index contributed by atoms with van der Waals surface area (Å²) in [6, 6.07) is 4.32. The minimum Gasteiger partial charge on any atom is -0.508 e. The lowest BCUT2D eigenvalue weighted by Crippen LogP contribution is -2.18. The molecule has 0 aliphatic carbocycles. The van der Waals surface area contributed by atoms with Crippen LogP contribution in [0.15, 0.2) is 12.1 Å². The summed E-state index contributed by atoms with van der Waals surface area (Å²) in [6.45, 7) is 15.5. The molecule has 0 heterocycles. The van der Waals surface area contributed by atoms with Gasteiger partial charge in [0, 0.05) is 5.56 Å². The van der Waals surface area contributed by atoms with Gasteiger partial charge in [0.1, 0.15) is 5.75 Å². The van der Waals surface area contributed by atoms with Gasteiger partial charge in [0.2, 0.25) is 0 Å². The second-order valence-electron chi connectivity index (χ2n) is 9.05. The van der Waals surface area contributed by atoms with Crippen LogP contribution in [-0.4, -0.2) is 5.11 Å². The normalized spacial score (nSPS) is 12.7. The van der Waals surface area contributed by atoms with Crippen LogP contribution in [0.3, 0.4) is 0 Å². The number of aromatic hydroxyl groups is 1. The molecule has 0 aliphatic heterocycles. The second-order valence-corrected chi connectivity index (χ2v) is 9.05. The van der Waals surface area contributed by atoms with Gasteiger partial charge in [0.25, 0.3) is 0 Å². The first-order valence-corrected chi connectivity index (χ1v) is 9.44. The average Bonchev–Trinajstić information content (AvgIpc) is 2.39. The lowest BCUT2D eigenvalue weighted by atomic mass is 9.77. The van der Waals surface area contributed by atoms with Gasteiger partial charge in [-0.2, -0.15) is 0 Å². The molecule has 1 heteroatoms. The summed E-state index contributed by atoms with van der Waals surface area (Å²) in [6.07, 6.45) is 8.95. The highest BCUT2D eigenvalue weighted by Crippen LogP contribution is 2.38. The molecular formula is C22H38O. The Labute approximate surface area is 144 Å². The highest BCUT2D eigenvalue weighted by atomic mass is 16.3. The summed E-state index contributed by atoms with van der Waals surface area (Å²) in [4.78, 5) is 0. The van der Waals surface area contributed by atoms with E-state index in [0.717, 1.165) is 12.0 Å². The van der Waals surface area contributed by atoms with Crippen LogP contribution in [0.1, 0.15) is 104 Å². The molecule has 0 fully saturated rings. The maximum Gasteiger partial charge on any atom is 0.119 e. The Morgan fingerprint density at radius 1 is 0.783 bits per heavy atom. The third-order valence-electron chi connectivity index (χ3n) is 4.61. The molecule has 1 aromatic rings. The minimum atomic E-state index is -0.0158. The second kappa shape index (κ2) is 8.22. The number of unbranched alkanes of at least 4 members (excludes halogenated alkanes) is 5. The van der Waals surface area contributed by atoms with E-state index in [1.54, 1.807) is 0 Å². The molecule has 0 bridgehead atoms. The van der Waals surface area contributed by atoms with Crippen LogP contribution < -0.4 is 0 Å². The largest absolute Gasteiger partial charge is 0.508 e. The van der Waals surface area contributed by atoms with Crippen molar-refractivity contribution in [2.24, 2.45) is 0 Å². The number of aryl methyl sites for hydroxylation is 1. The van der Waals surface area contributed by atoms with Crippen LogP contribution in [0.5, 0.6) is 5.75 Å². The van der Waals surface area contributed by atoms with Crippen LogP contribution in [0.4, 0.5) is 0 Å². The highest BCUT2D eigenvalue weighted by Gasteiger charge is 2.25. The van der Waals surface area contributed by atoms with Crippen LogP contribution in [0, 0.1) is 0 Å². The van der Waals surface area contributed by atoms with Gasteiger partial charge in [0.05, 0.1) is 0 Å². The van der Waals surface area contributed by atoms with Crippen molar-refractivity contribution in [3.05, 3.63) is 28.8 Å². The standard InChI is InChI=1S/C22H38O/c1-8-9-10-11-12-13-14-17-15-18(21(2,3)4)16-19(23)20(17)22(5,6)7/h15-16,23H,8-14H2,1-7H3. The number of phenolic OH excluding ortho intramolecular Hbond substituents is 1. The quantitative estimate of drug-likeness (QED) is 0.543. The van der Waals surface area contributed by atoms with Crippen molar-refractivity contribution in [2.45, 2.75) is 104 Å². The maximum absolute atomic E-state index is 10.6. The van der Waals surface area contributed by atoms with Crippen molar-refractivity contribution >= 4 is 0 Å². The highest BCUT2D eigenvalue weighted by molar-refractivity contribution is 5.48. The first-order chi connectivity index (χ1) is 10.6. The van der Waals surface area contributed by atoms with Gasteiger partial charge in [-0.25, -0.2) is 0 Å². The van der Waals surface area contributed by atoms with Gasteiger partial charge in [-0.1, -0.05) is 86.6 Å². The van der Waals surface area contributed by atoms with Crippen molar-refractivity contribution in [1.29, 1.82) is 0 Å². The SMILES string of the molecule is CCCCCCCCc1cc(C(C)(C)C)cc(O)c1C(C)(C)C. The Kier molecular flexibility index (Phi) is 7.17. The van der Waals surface area contributed by atoms with Crippen molar-refractivity contribution in [1.82, 2.24) is 0 Å². The molecule has 23 heavy (non-hydrogen) atoms. The predicted octanol–water partition coefficient (Wildman–Crippen LogP) is 6.89. The molecule has 0 saturated heterocycles. The van der Waals surface area contributed by atoms with Crippen molar-refractivity contribution in [3.8, 4) is 5.75 Å². The van der Waals surface area contributed by atoms with Crippen LogP contribution in [-0.2, 0) is 17.3 Å². The van der Waals surface area contributed by atoms with E-state index in [2.05, 4.69) is 54.5 Å². The lowest BCUT2D eigenvalue weighted by molar-refractivity contribution is 0.439. The van der Waals surface area contributed by atoms with Crippen LogP contribution >= 0.6 is 0 Å². The monoisotopic (exact) mass is 318 g/mol. The average molecular weight is 319 g/mol. The van der Waals surface area contributed by atoms with Gasteiger partial charge in [-0.3, -0.25) is 0 Å². The Hall–Kier alpha value is -0.980. The minimum absolute atomic E-state index is 0.0158. The third-order valence-corrected chi connectivity index (χ3v) is 4.61. The molecule has 1 nitrogen and oxygen atoms in total. The van der Waals surface area contributed by atoms with Gasteiger partial charge in [0.15, 0.2) is 0 Å². The summed E-state index contributed by atoms with van der Waals surface area (Å²) < 4.78 is 0. The number of rotatable bonds is 7. The van der Waals surface area contributed by atoms with E-state index in [1.807, 2.05) is 6.07 Å². The maximum atomic E-state index is 10.6. The number of hydrogen-bond acceptors (Lipinski definition) is 1. The Bertz CT molecular complexity index is 486. The van der Waals surface area contributed by atoms with Crippen LogP contribution in [0.2, 0.25) is 0 Å². The molecular weight excluding hydrogens is 280 g/mol. The molecule has 1 aromatic carbocycles. The van der Waals surface area contributed by atoms with E-state index < -0.39 is 0 Å². The summed E-state index contributed by atoms with van der Waals surface area (Å²) >= 11 is 0. The fourth-order valence-electron chi connectivity index (χ4n) is 3.28. The van der Waals surface area contributed by atoms with E-state index in [0.29, 0.717) is 5.75 Å². The van der Waals surface area contributed by atoms with Gasteiger partial charge >= 0.3 is 0 Å². The number of phenols is 1. The van der Waals surface area contributed by atoms with Crippen molar-refractivity contribution < 1.29 is 5.11 Å². The van der Waals surface area contributed by atoms with Gasteiger partial charge < -0.3 is 5.11 Å². The molecule has 0 aromatic heterocycles. The molecule has 0 atom stereocenters. The third kappa shape index (κ3) is 6.20. The molecule has 0 amide bonds. The summed E-state index contributed by atoms with van der Waals surface area (Å²) in [5.74, 6) is 0.478. The molecule has 0 saturated carbocycles. The first kappa shape index (κ1) is 20.1. The summed E-state index contributed by atoms with van der Waals surface area (Å²) in [7, 11) is 0. The van der Waals surface area contributed by atoms with E-state index in [9.17, 15) is 5.11 Å². The fourth-order valence-corrected chi connectivity index (χ4v) is 3.28. The van der Waals surface area contributed by atoms with Crippen LogP contribution in [0.25, 0.3) is 0 Å². The molecule has 0 aliphatic rings. The Morgan fingerprint density at radius 3 is 1.87 bits per heavy atom. The van der Waals surface area contributed by atoms with E-state index in [4.69, 9.17) is 0 Å². The Balaban J connectivity index is 2.95. The van der Waals surface area contributed by atoms with Crippen molar-refractivity contribution in [3.63, 3.8) is 0 Å². The molecule has 1 rings (SSSR count). The summed E-state index contributed by atoms with van der Waals surface area (Å²) in [5.41, 5.74) is 3.78. The first-order valence-electron chi connectivity index (χ1n) is 9.44. The van der Waals surface area contributed by atoms with E-state index in [-0.39, 0.29) is 10.8 Å². The number of hydrogen-bond donors (Lipinski definition) is 1. The lowest BCUT2D eigenvalue weighted by Gasteiger charge is -2.28. The zero-order valence-electron chi connectivity index (χ0n) is 16.6. The van der Waals surface area contributed by atoms with Gasteiger partial charge in [-0.15, -0.1) is 0 Å². The zero-order valence-corrected chi connectivity index (χ0v) is 16.6.